The molecule has 0 aliphatic heterocycles. The molecule has 0 fully saturated rings. The number of rotatable bonds is 3. The number of hydrogen-bond acceptors (Lipinski definition) is 1. The molecule has 51 heavy (non-hydrogen) atoms. The van der Waals surface area contributed by atoms with Crippen molar-refractivity contribution in [3.05, 3.63) is 182 Å². The van der Waals surface area contributed by atoms with Crippen LogP contribution >= 0.6 is 0 Å². The fourth-order valence-electron chi connectivity index (χ4n) is 8.52. The van der Waals surface area contributed by atoms with E-state index < -0.39 is 0 Å². The van der Waals surface area contributed by atoms with E-state index in [1.165, 1.54) is 75.8 Å². The molecule has 0 bridgehead atoms. The van der Waals surface area contributed by atoms with Crippen molar-refractivity contribution in [2.45, 2.75) is 0 Å². The third kappa shape index (κ3) is 4.14. The molecule has 0 aliphatic carbocycles. The van der Waals surface area contributed by atoms with Gasteiger partial charge in [0.25, 0.3) is 0 Å². The molecule has 11 aromatic rings. The first kappa shape index (κ1) is 28.1. The quantitative estimate of drug-likeness (QED) is 0.175. The highest BCUT2D eigenvalue weighted by molar-refractivity contribution is 6.33. The van der Waals surface area contributed by atoms with Crippen LogP contribution in [0.1, 0.15) is 0 Å². The second-order valence-electron chi connectivity index (χ2n) is 13.5. The summed E-state index contributed by atoms with van der Waals surface area (Å²) < 4.78 is 2.33. The van der Waals surface area contributed by atoms with Crippen LogP contribution in [0.3, 0.4) is 0 Å². The molecule has 0 N–H and O–H groups in total. The zero-order valence-electron chi connectivity index (χ0n) is 27.7. The first-order valence-corrected chi connectivity index (χ1v) is 17.6. The third-order valence-electron chi connectivity index (χ3n) is 10.7. The Balaban J connectivity index is 1.25. The van der Waals surface area contributed by atoms with Gasteiger partial charge < -0.3 is 0 Å². The number of hydrogen-bond donors (Lipinski definition) is 0. The fourth-order valence-corrected chi connectivity index (χ4v) is 8.52. The minimum Gasteiger partial charge on any atom is -0.292 e. The summed E-state index contributed by atoms with van der Waals surface area (Å²) in [6.07, 6.45) is 0. The van der Waals surface area contributed by atoms with E-state index in [4.69, 9.17) is 4.98 Å². The molecule has 0 unspecified atom stereocenters. The van der Waals surface area contributed by atoms with Crippen molar-refractivity contribution in [2.75, 3.05) is 0 Å². The summed E-state index contributed by atoms with van der Waals surface area (Å²) >= 11 is 0. The summed E-state index contributed by atoms with van der Waals surface area (Å²) in [6.45, 7) is 0. The minimum atomic E-state index is 0.941. The van der Waals surface area contributed by atoms with Crippen molar-refractivity contribution >= 4 is 75.7 Å². The van der Waals surface area contributed by atoms with E-state index in [0.29, 0.717) is 0 Å². The Morgan fingerprint density at radius 3 is 1.73 bits per heavy atom. The third-order valence-corrected chi connectivity index (χ3v) is 10.7. The summed E-state index contributed by atoms with van der Waals surface area (Å²) in [5.74, 6) is 0.941. The predicted octanol–water partition coefficient (Wildman–Crippen LogP) is 13.3. The summed E-state index contributed by atoms with van der Waals surface area (Å²) in [4.78, 5) is 5.15. The molecule has 0 aliphatic rings. The zero-order chi connectivity index (χ0) is 33.5. The molecule has 1 aromatic heterocycles. The monoisotopic (exact) mass is 646 g/mol. The Labute approximate surface area is 294 Å². The Kier molecular flexibility index (Phi) is 5.99. The molecule has 0 amide bonds. The molecule has 0 saturated carbocycles. The highest BCUT2D eigenvalue weighted by Gasteiger charge is 2.19. The molecule has 1 heterocycles. The standard InChI is InChI=1S/C49H30N2/c1-2-13-32(14-3-1)49-50-44-23-10-11-24-46(44)51(49)45-28-27-35(36-16-8-9-21-41(36)45)34-29-33-26-25-31-15-12-22-42-39-19-6-4-17-37(39)38-18-5-7-20-40(38)43(30-34)48(33)47(31)42/h1-30H. The van der Waals surface area contributed by atoms with Gasteiger partial charge in [-0.1, -0.05) is 152 Å². The lowest BCUT2D eigenvalue weighted by molar-refractivity contribution is 1.11. The second-order valence-corrected chi connectivity index (χ2v) is 13.5. The van der Waals surface area contributed by atoms with Crippen molar-refractivity contribution in [3.63, 3.8) is 0 Å². The SMILES string of the molecule is c1ccc(-c2nc3ccccc3n2-c2ccc(-c3cc4ccc5cccc6c7ccccc7c7ccccc7c(c3)c4c56)c3ccccc23)cc1. The van der Waals surface area contributed by atoms with E-state index in [2.05, 4.69) is 187 Å². The fraction of sp³-hybridized carbons (Fsp3) is 0. The van der Waals surface area contributed by atoms with Gasteiger partial charge in [-0.3, -0.25) is 4.57 Å². The van der Waals surface area contributed by atoms with Crippen LogP contribution in [-0.4, -0.2) is 9.55 Å². The average Bonchev–Trinajstić information content (AvgIpc) is 3.59. The van der Waals surface area contributed by atoms with E-state index in [1.54, 1.807) is 0 Å². The van der Waals surface area contributed by atoms with Crippen molar-refractivity contribution in [3.8, 4) is 28.2 Å². The van der Waals surface area contributed by atoms with Gasteiger partial charge >= 0.3 is 0 Å². The molecule has 0 atom stereocenters. The highest BCUT2D eigenvalue weighted by atomic mass is 15.1. The van der Waals surface area contributed by atoms with Crippen LogP contribution in [0, 0.1) is 0 Å². The number of para-hydroxylation sites is 2. The molecule has 11 rings (SSSR count). The second kappa shape index (κ2) is 10.9. The molecular weight excluding hydrogens is 617 g/mol. The van der Waals surface area contributed by atoms with Crippen molar-refractivity contribution in [1.82, 2.24) is 9.55 Å². The summed E-state index contributed by atoms with van der Waals surface area (Å²) in [5, 5.41) is 15.2. The predicted molar refractivity (Wildman–Crippen MR) is 217 cm³/mol. The lowest BCUT2D eigenvalue weighted by atomic mass is 9.87. The van der Waals surface area contributed by atoms with Crippen LogP contribution in [-0.2, 0) is 0 Å². The molecule has 0 saturated heterocycles. The maximum Gasteiger partial charge on any atom is 0.145 e. The van der Waals surface area contributed by atoms with Gasteiger partial charge in [0.1, 0.15) is 5.82 Å². The van der Waals surface area contributed by atoms with Gasteiger partial charge in [-0.15, -0.1) is 0 Å². The summed E-state index contributed by atoms with van der Waals surface area (Å²) in [6, 6.07) is 66.4. The van der Waals surface area contributed by atoms with E-state index in [-0.39, 0.29) is 0 Å². The maximum atomic E-state index is 5.15. The molecule has 0 radical (unpaired) electrons. The van der Waals surface area contributed by atoms with Gasteiger partial charge in [0.15, 0.2) is 0 Å². The van der Waals surface area contributed by atoms with Crippen molar-refractivity contribution in [2.24, 2.45) is 0 Å². The summed E-state index contributed by atoms with van der Waals surface area (Å²) in [5.41, 5.74) is 6.71. The van der Waals surface area contributed by atoms with Gasteiger partial charge in [0.2, 0.25) is 0 Å². The van der Waals surface area contributed by atoms with Gasteiger partial charge in [-0.2, -0.15) is 0 Å². The van der Waals surface area contributed by atoms with E-state index >= 15 is 0 Å². The van der Waals surface area contributed by atoms with E-state index in [0.717, 1.165) is 28.1 Å². The first-order chi connectivity index (χ1) is 25.3. The molecule has 10 aromatic carbocycles. The molecule has 236 valence electrons. The highest BCUT2D eigenvalue weighted by Crippen LogP contribution is 2.43. The Morgan fingerprint density at radius 2 is 0.941 bits per heavy atom. The molecule has 2 nitrogen and oxygen atoms in total. The normalized spacial score (nSPS) is 11.9. The number of nitrogens with zero attached hydrogens (tertiary/aromatic N) is 2. The molecular formula is C49H30N2. The van der Waals surface area contributed by atoms with Crippen LogP contribution in [0.25, 0.3) is 104 Å². The topological polar surface area (TPSA) is 17.8 Å². The molecule has 0 spiro atoms. The Bertz CT molecular complexity index is 3190. The van der Waals surface area contributed by atoms with Gasteiger partial charge in [0.05, 0.1) is 16.7 Å². The number of imidazole rings is 1. The van der Waals surface area contributed by atoms with E-state index in [1.807, 2.05) is 0 Å². The zero-order valence-corrected chi connectivity index (χ0v) is 27.7. The number of aromatic nitrogens is 2. The average molecular weight is 647 g/mol. The minimum absolute atomic E-state index is 0.941. The van der Waals surface area contributed by atoms with E-state index in [9.17, 15) is 0 Å². The number of fused-ring (bicyclic) bond motifs is 7. The first-order valence-electron chi connectivity index (χ1n) is 17.6. The Morgan fingerprint density at radius 1 is 0.353 bits per heavy atom. The van der Waals surface area contributed by atoms with Crippen molar-refractivity contribution < 1.29 is 0 Å². The smallest absolute Gasteiger partial charge is 0.145 e. The van der Waals surface area contributed by atoms with Gasteiger partial charge in [-0.05, 0) is 101 Å². The van der Waals surface area contributed by atoms with Crippen LogP contribution in [0.15, 0.2) is 182 Å². The van der Waals surface area contributed by atoms with Crippen molar-refractivity contribution in [1.29, 1.82) is 0 Å². The Hall–Kier alpha value is -6.77. The van der Waals surface area contributed by atoms with Crippen LogP contribution in [0.2, 0.25) is 0 Å². The lowest BCUT2D eigenvalue weighted by Crippen LogP contribution is -1.99. The van der Waals surface area contributed by atoms with Crippen LogP contribution in [0.4, 0.5) is 0 Å². The lowest BCUT2D eigenvalue weighted by Gasteiger charge is -2.18. The van der Waals surface area contributed by atoms with Gasteiger partial charge in [-0.25, -0.2) is 4.98 Å². The largest absolute Gasteiger partial charge is 0.292 e. The molecule has 2 heteroatoms. The summed E-state index contributed by atoms with van der Waals surface area (Å²) in [7, 11) is 0. The van der Waals surface area contributed by atoms with Crippen LogP contribution in [0.5, 0.6) is 0 Å². The number of benzene rings is 9. The van der Waals surface area contributed by atoms with Gasteiger partial charge in [0, 0.05) is 10.9 Å². The van der Waals surface area contributed by atoms with Crippen LogP contribution < -0.4 is 0 Å². The maximum absolute atomic E-state index is 5.15.